The molecule has 1 aliphatic carbocycles. The number of ketones is 1. The minimum Gasteiger partial charge on any atom is -0.487 e. The topological polar surface area (TPSA) is 78.9 Å². The first kappa shape index (κ1) is 23.0. The molecule has 2 aromatic rings. The van der Waals surface area contributed by atoms with Gasteiger partial charge in [-0.1, -0.05) is 12.0 Å². The second kappa shape index (κ2) is 9.34. The van der Waals surface area contributed by atoms with Crippen LogP contribution in [0.4, 0.5) is 4.39 Å². The molecule has 0 bridgehead atoms. The van der Waals surface area contributed by atoms with E-state index in [1.54, 1.807) is 30.0 Å². The number of terminal acetylenes is 1. The van der Waals surface area contributed by atoms with Gasteiger partial charge in [0.25, 0.3) is 5.91 Å². The van der Waals surface area contributed by atoms with Gasteiger partial charge in [0.2, 0.25) is 5.78 Å². The van der Waals surface area contributed by atoms with Crippen LogP contribution in [0.1, 0.15) is 54.1 Å². The number of carbonyl (C=O) groups excluding carboxylic acids is 2. The molecule has 1 aliphatic heterocycles. The molecule has 33 heavy (non-hydrogen) atoms. The number of benzene rings is 2. The van der Waals surface area contributed by atoms with Crippen LogP contribution in [0, 0.1) is 18.2 Å². The van der Waals surface area contributed by atoms with Gasteiger partial charge >= 0.3 is 0 Å². The summed E-state index contributed by atoms with van der Waals surface area (Å²) < 4.78 is 20.4. The van der Waals surface area contributed by atoms with Gasteiger partial charge in [-0.2, -0.15) is 0 Å². The number of likely N-dealkylation sites (tertiary alicyclic amines) is 1. The largest absolute Gasteiger partial charge is 0.487 e. The summed E-state index contributed by atoms with van der Waals surface area (Å²) in [5.74, 6) is 0.432. The van der Waals surface area contributed by atoms with Crippen molar-refractivity contribution in [1.82, 2.24) is 10.2 Å². The van der Waals surface area contributed by atoms with Gasteiger partial charge < -0.3 is 15.2 Å². The van der Waals surface area contributed by atoms with E-state index in [-0.39, 0.29) is 17.4 Å². The third kappa shape index (κ3) is 4.77. The molecule has 2 atom stereocenters. The molecule has 1 saturated heterocycles. The fourth-order valence-electron chi connectivity index (χ4n) is 4.17. The summed E-state index contributed by atoms with van der Waals surface area (Å²) in [6, 6.07) is 9.62. The summed E-state index contributed by atoms with van der Waals surface area (Å²) in [5.41, 5.74) is -0.613. The van der Waals surface area contributed by atoms with E-state index in [2.05, 4.69) is 11.2 Å². The first-order valence-corrected chi connectivity index (χ1v) is 11.2. The lowest BCUT2D eigenvalue weighted by Gasteiger charge is -2.42. The standard InChI is InChI=1S/C26H27FN2O4/c1-3-18-6-8-19(9-7-18)24(30)25(31)28-17(2)26(32,29-14-4-5-15-29)20-10-13-23(22(27)16-20)33-21-11-12-21/h1,6-10,13,16-17,21,32H,4-5,11-12,14-15H2,2H3,(H,28,31)/t17-,26+/m1/s1. The van der Waals surface area contributed by atoms with Crippen molar-refractivity contribution < 1.29 is 23.8 Å². The van der Waals surface area contributed by atoms with E-state index >= 15 is 0 Å². The van der Waals surface area contributed by atoms with Crippen LogP contribution in [-0.4, -0.2) is 46.9 Å². The van der Waals surface area contributed by atoms with Crippen LogP contribution in [0.2, 0.25) is 0 Å². The maximum Gasteiger partial charge on any atom is 0.292 e. The molecule has 172 valence electrons. The highest BCUT2D eigenvalue weighted by molar-refractivity contribution is 6.42. The zero-order valence-electron chi connectivity index (χ0n) is 18.5. The number of nitrogens with one attached hydrogen (secondary N) is 1. The maximum atomic E-state index is 14.8. The minimum absolute atomic E-state index is 0.0433. The summed E-state index contributed by atoms with van der Waals surface area (Å²) >= 11 is 0. The minimum atomic E-state index is -1.70. The van der Waals surface area contributed by atoms with E-state index in [4.69, 9.17) is 11.2 Å². The van der Waals surface area contributed by atoms with Crippen molar-refractivity contribution in [1.29, 1.82) is 0 Å². The molecule has 2 aliphatic rings. The molecule has 2 N–H and O–H groups in total. The predicted octanol–water partition coefficient (Wildman–Crippen LogP) is 2.98. The van der Waals surface area contributed by atoms with Gasteiger partial charge in [0.1, 0.15) is 0 Å². The van der Waals surface area contributed by atoms with E-state index < -0.39 is 29.3 Å². The van der Waals surface area contributed by atoms with E-state index in [0.717, 1.165) is 25.7 Å². The smallest absolute Gasteiger partial charge is 0.292 e. The highest BCUT2D eigenvalue weighted by atomic mass is 19.1. The first-order chi connectivity index (χ1) is 15.8. The van der Waals surface area contributed by atoms with Gasteiger partial charge in [-0.05, 0) is 69.0 Å². The highest BCUT2D eigenvalue weighted by Crippen LogP contribution is 2.36. The average Bonchev–Trinajstić information content (AvgIpc) is 3.47. The normalized spacial score (nSPS) is 18.7. The Morgan fingerprint density at radius 3 is 2.45 bits per heavy atom. The van der Waals surface area contributed by atoms with Gasteiger partial charge in [0, 0.05) is 29.8 Å². The van der Waals surface area contributed by atoms with Crippen LogP contribution >= 0.6 is 0 Å². The lowest BCUT2D eigenvalue weighted by molar-refractivity contribution is -0.139. The summed E-state index contributed by atoms with van der Waals surface area (Å²) in [6.45, 7) is 2.78. The molecule has 1 heterocycles. The maximum absolute atomic E-state index is 14.8. The number of halogens is 1. The van der Waals surface area contributed by atoms with Gasteiger partial charge in [-0.25, -0.2) is 4.39 Å². The van der Waals surface area contributed by atoms with Crippen LogP contribution in [0.15, 0.2) is 42.5 Å². The number of rotatable bonds is 8. The zero-order chi connectivity index (χ0) is 23.6. The van der Waals surface area contributed by atoms with Crippen LogP contribution < -0.4 is 10.1 Å². The molecular weight excluding hydrogens is 423 g/mol. The molecule has 2 fully saturated rings. The lowest BCUT2D eigenvalue weighted by Crippen LogP contribution is -2.59. The number of Topliss-reactive ketones (excluding diaryl/α,β-unsaturated/α-hetero) is 1. The van der Waals surface area contributed by atoms with Crippen molar-refractivity contribution in [3.8, 4) is 18.1 Å². The second-order valence-corrected chi connectivity index (χ2v) is 8.63. The number of amides is 1. The molecule has 0 unspecified atom stereocenters. The molecule has 0 aromatic heterocycles. The zero-order valence-corrected chi connectivity index (χ0v) is 18.5. The van der Waals surface area contributed by atoms with E-state index in [1.807, 2.05) is 0 Å². The Morgan fingerprint density at radius 2 is 1.88 bits per heavy atom. The van der Waals surface area contributed by atoms with Crippen molar-refractivity contribution in [2.75, 3.05) is 13.1 Å². The molecule has 2 aromatic carbocycles. The molecular formula is C26H27FN2O4. The van der Waals surface area contributed by atoms with Crippen LogP contribution in [0.25, 0.3) is 0 Å². The van der Waals surface area contributed by atoms with Crippen molar-refractivity contribution in [2.45, 2.75) is 50.5 Å². The number of carbonyl (C=O) groups is 2. The molecule has 4 rings (SSSR count). The van der Waals surface area contributed by atoms with Gasteiger partial charge in [0.05, 0.1) is 12.1 Å². The molecule has 1 amide bonds. The van der Waals surface area contributed by atoms with Crippen LogP contribution in [0.3, 0.4) is 0 Å². The predicted molar refractivity (Wildman–Crippen MR) is 121 cm³/mol. The number of ether oxygens (including phenoxy) is 1. The summed E-state index contributed by atoms with van der Waals surface area (Å²) in [6.07, 6.45) is 8.92. The number of aliphatic hydroxyl groups is 1. The summed E-state index contributed by atoms with van der Waals surface area (Å²) in [5, 5.41) is 14.4. The van der Waals surface area contributed by atoms with E-state index in [0.29, 0.717) is 24.2 Å². The van der Waals surface area contributed by atoms with Crippen molar-refractivity contribution in [3.05, 3.63) is 65.0 Å². The number of hydrogen-bond donors (Lipinski definition) is 2. The molecule has 0 spiro atoms. The van der Waals surface area contributed by atoms with Gasteiger partial charge in [-0.15, -0.1) is 6.42 Å². The quantitative estimate of drug-likeness (QED) is 0.367. The number of hydrogen-bond acceptors (Lipinski definition) is 5. The molecule has 6 nitrogen and oxygen atoms in total. The molecule has 0 radical (unpaired) electrons. The summed E-state index contributed by atoms with van der Waals surface area (Å²) in [4.78, 5) is 27.2. The van der Waals surface area contributed by atoms with Crippen LogP contribution in [0.5, 0.6) is 5.75 Å². The van der Waals surface area contributed by atoms with Crippen molar-refractivity contribution >= 4 is 11.7 Å². The Hall–Kier alpha value is -3.21. The third-order valence-electron chi connectivity index (χ3n) is 6.23. The Bertz CT molecular complexity index is 1080. The Kier molecular flexibility index (Phi) is 6.50. The molecule has 7 heteroatoms. The SMILES string of the molecule is C#Cc1ccc(C(=O)C(=O)N[C@H](C)[C@](O)(c2ccc(OC3CC3)c(F)c2)N2CCCC2)cc1. The highest BCUT2D eigenvalue weighted by Gasteiger charge is 2.44. The average molecular weight is 451 g/mol. The van der Waals surface area contributed by atoms with Gasteiger partial charge in [0.15, 0.2) is 17.3 Å². The van der Waals surface area contributed by atoms with E-state index in [1.165, 1.54) is 24.3 Å². The van der Waals surface area contributed by atoms with Gasteiger partial charge in [-0.3, -0.25) is 14.5 Å². The third-order valence-corrected chi connectivity index (χ3v) is 6.23. The first-order valence-electron chi connectivity index (χ1n) is 11.2. The monoisotopic (exact) mass is 450 g/mol. The summed E-state index contributed by atoms with van der Waals surface area (Å²) in [7, 11) is 0. The van der Waals surface area contributed by atoms with Crippen molar-refractivity contribution in [2.24, 2.45) is 0 Å². The lowest BCUT2D eigenvalue weighted by atomic mass is 9.93. The number of nitrogens with zero attached hydrogens (tertiary/aromatic N) is 1. The van der Waals surface area contributed by atoms with Crippen molar-refractivity contribution in [3.63, 3.8) is 0 Å². The molecule has 1 saturated carbocycles. The fraction of sp³-hybridized carbons (Fsp3) is 0.385. The van der Waals surface area contributed by atoms with E-state index in [9.17, 15) is 19.1 Å². The second-order valence-electron chi connectivity index (χ2n) is 8.63. The fourth-order valence-corrected chi connectivity index (χ4v) is 4.17. The Balaban J connectivity index is 1.56. The Labute approximate surface area is 192 Å². The van der Waals surface area contributed by atoms with Crippen LogP contribution in [-0.2, 0) is 10.5 Å². The Morgan fingerprint density at radius 1 is 1.21 bits per heavy atom.